The van der Waals surface area contributed by atoms with Crippen LogP contribution in [0.2, 0.25) is 0 Å². The Morgan fingerprint density at radius 1 is 0.931 bits per heavy atom. The second kappa shape index (κ2) is 6.17. The lowest BCUT2D eigenvalue weighted by molar-refractivity contribution is -0.128. The minimum absolute atomic E-state index is 0.0226. The van der Waals surface area contributed by atoms with Crippen LogP contribution in [0.3, 0.4) is 0 Å². The van der Waals surface area contributed by atoms with Crippen LogP contribution in [0.5, 0.6) is 11.5 Å². The number of amides is 4. The molecule has 0 bridgehead atoms. The van der Waals surface area contributed by atoms with Gasteiger partial charge >= 0.3 is 0 Å². The van der Waals surface area contributed by atoms with Gasteiger partial charge in [0.2, 0.25) is 23.6 Å². The molecule has 0 unspecified atom stereocenters. The Morgan fingerprint density at radius 2 is 1.62 bits per heavy atom. The molecule has 5 rings (SSSR count). The number of rotatable bonds is 2. The number of imide groups is 2. The van der Waals surface area contributed by atoms with Crippen LogP contribution < -0.4 is 15.4 Å². The van der Waals surface area contributed by atoms with E-state index in [-0.39, 0.29) is 41.0 Å². The lowest BCUT2D eigenvalue weighted by atomic mass is 9.57. The first-order valence-electron chi connectivity index (χ1n) is 9.67. The number of hydrogen-bond acceptors (Lipinski definition) is 6. The number of nitrogens with one attached hydrogen (secondary N) is 2. The van der Waals surface area contributed by atoms with Gasteiger partial charge in [-0.2, -0.15) is 0 Å². The van der Waals surface area contributed by atoms with Crippen molar-refractivity contribution in [2.24, 2.45) is 29.6 Å². The van der Waals surface area contributed by atoms with Crippen molar-refractivity contribution in [2.75, 3.05) is 7.11 Å². The fourth-order valence-electron chi connectivity index (χ4n) is 5.67. The van der Waals surface area contributed by atoms with Gasteiger partial charge in [-0.25, -0.2) is 0 Å². The monoisotopic (exact) mass is 396 g/mol. The van der Waals surface area contributed by atoms with Gasteiger partial charge < -0.3 is 9.84 Å². The Balaban J connectivity index is 1.66. The summed E-state index contributed by atoms with van der Waals surface area (Å²) in [5.41, 5.74) is 1.65. The summed E-state index contributed by atoms with van der Waals surface area (Å²) >= 11 is 0. The molecule has 3 N–H and O–H groups in total. The van der Waals surface area contributed by atoms with Crippen molar-refractivity contribution in [3.8, 4) is 11.5 Å². The highest BCUT2D eigenvalue weighted by Crippen LogP contribution is 2.56. The maximum Gasteiger partial charge on any atom is 0.231 e. The largest absolute Gasteiger partial charge is 0.504 e. The molecule has 8 nitrogen and oxygen atoms in total. The molecular weight excluding hydrogens is 376 g/mol. The molecule has 4 aliphatic rings. The van der Waals surface area contributed by atoms with Crippen molar-refractivity contribution in [2.45, 2.75) is 18.8 Å². The normalized spacial score (nSPS) is 35.3. The number of carbonyl (C=O) groups is 4. The number of hydrogen-bond donors (Lipinski definition) is 3. The van der Waals surface area contributed by atoms with Gasteiger partial charge in [0.1, 0.15) is 0 Å². The fourth-order valence-corrected chi connectivity index (χ4v) is 5.67. The Hall–Kier alpha value is -3.16. The summed E-state index contributed by atoms with van der Waals surface area (Å²) in [6.07, 6.45) is 2.74. The number of benzene rings is 1. The van der Waals surface area contributed by atoms with Crippen LogP contribution in [-0.4, -0.2) is 35.8 Å². The molecule has 1 aromatic carbocycles. The van der Waals surface area contributed by atoms with E-state index in [9.17, 15) is 24.3 Å². The van der Waals surface area contributed by atoms with Gasteiger partial charge in [-0.15, -0.1) is 0 Å². The maximum atomic E-state index is 12.7. The fraction of sp³-hybridized carbons (Fsp3) is 0.429. The smallest absolute Gasteiger partial charge is 0.231 e. The molecule has 0 radical (unpaired) electrons. The van der Waals surface area contributed by atoms with E-state index in [1.54, 1.807) is 12.1 Å². The topological polar surface area (TPSA) is 122 Å². The van der Waals surface area contributed by atoms with Gasteiger partial charge in [0.25, 0.3) is 0 Å². The van der Waals surface area contributed by atoms with E-state index in [0.717, 1.165) is 11.1 Å². The third-order valence-electron chi connectivity index (χ3n) is 6.90. The molecule has 2 aliphatic heterocycles. The van der Waals surface area contributed by atoms with Crippen LogP contribution in [0, 0.1) is 29.6 Å². The summed E-state index contributed by atoms with van der Waals surface area (Å²) in [6.45, 7) is 0. The van der Waals surface area contributed by atoms with Crippen LogP contribution in [0.4, 0.5) is 0 Å². The predicted molar refractivity (Wildman–Crippen MR) is 98.5 cm³/mol. The van der Waals surface area contributed by atoms with Crippen molar-refractivity contribution >= 4 is 23.6 Å². The minimum atomic E-state index is -0.587. The zero-order valence-corrected chi connectivity index (χ0v) is 15.7. The summed E-state index contributed by atoms with van der Waals surface area (Å²) in [5.74, 6) is -3.80. The van der Waals surface area contributed by atoms with Gasteiger partial charge in [-0.1, -0.05) is 17.7 Å². The summed E-state index contributed by atoms with van der Waals surface area (Å²) in [5, 5.41) is 14.8. The Morgan fingerprint density at radius 3 is 2.34 bits per heavy atom. The number of methoxy groups -OCH3 is 1. The molecule has 0 aromatic heterocycles. The van der Waals surface area contributed by atoms with Gasteiger partial charge in [0, 0.05) is 5.92 Å². The van der Waals surface area contributed by atoms with Crippen LogP contribution in [0.15, 0.2) is 29.8 Å². The van der Waals surface area contributed by atoms with Crippen molar-refractivity contribution < 1.29 is 29.0 Å². The van der Waals surface area contributed by atoms with Crippen LogP contribution in [0.1, 0.15) is 24.3 Å². The summed E-state index contributed by atoms with van der Waals surface area (Å²) in [7, 11) is 1.44. The highest BCUT2D eigenvalue weighted by atomic mass is 16.5. The van der Waals surface area contributed by atoms with Gasteiger partial charge in [-0.05, 0) is 36.5 Å². The standard InChI is InChI=1S/C21H20N2O6/c1-29-14-6-8(2-5-13(14)24)15-9-3-4-10-16(20(27)22-18(10)25)11(9)7-12-17(15)21(28)23-19(12)26/h2-3,5-6,10-12,15-17,24H,4,7H2,1H3,(H,22,25,27)(H,23,26,28)/t10-,11+,12+,15-,16-,17+/m0/s1. The summed E-state index contributed by atoms with van der Waals surface area (Å²) in [6, 6.07) is 4.88. The first kappa shape index (κ1) is 17.9. The van der Waals surface area contributed by atoms with Gasteiger partial charge in [0.05, 0.1) is 30.8 Å². The molecule has 29 heavy (non-hydrogen) atoms. The van der Waals surface area contributed by atoms with Gasteiger partial charge in [-0.3, -0.25) is 29.8 Å². The molecule has 3 fully saturated rings. The van der Waals surface area contributed by atoms with E-state index in [1.165, 1.54) is 13.2 Å². The van der Waals surface area contributed by atoms with E-state index in [1.807, 2.05) is 6.08 Å². The number of fused-ring (bicyclic) bond motifs is 4. The molecule has 0 spiro atoms. The van der Waals surface area contributed by atoms with Crippen LogP contribution in [0.25, 0.3) is 0 Å². The zero-order valence-electron chi connectivity index (χ0n) is 15.7. The van der Waals surface area contributed by atoms with Gasteiger partial charge in [0.15, 0.2) is 11.5 Å². The Bertz CT molecular complexity index is 999. The van der Waals surface area contributed by atoms with Crippen molar-refractivity contribution in [3.63, 3.8) is 0 Å². The quantitative estimate of drug-likeness (QED) is 0.497. The van der Waals surface area contributed by atoms with Crippen molar-refractivity contribution in [1.29, 1.82) is 0 Å². The first-order chi connectivity index (χ1) is 13.9. The average molecular weight is 396 g/mol. The second-order valence-electron chi connectivity index (χ2n) is 8.16. The third kappa shape index (κ3) is 2.44. The molecule has 2 saturated heterocycles. The lowest BCUT2D eigenvalue weighted by Gasteiger charge is -2.44. The second-order valence-corrected chi connectivity index (χ2v) is 8.16. The predicted octanol–water partition coefficient (Wildman–Crippen LogP) is 0.612. The van der Waals surface area contributed by atoms with Crippen LogP contribution in [-0.2, 0) is 19.2 Å². The summed E-state index contributed by atoms with van der Waals surface area (Å²) < 4.78 is 5.23. The molecule has 150 valence electrons. The number of aromatic hydroxyl groups is 1. The molecular formula is C21H20N2O6. The SMILES string of the molecule is COc1cc([C@H]2C3=CC[C@@H]4C(=O)NC(=O)[C@@H]4[C@@H]3C[C@H]3C(=O)NC(=O)[C@@H]23)ccc1O. The van der Waals surface area contributed by atoms with E-state index in [2.05, 4.69) is 10.6 Å². The highest BCUT2D eigenvalue weighted by molar-refractivity contribution is 6.07. The van der Waals surface area contributed by atoms with Crippen molar-refractivity contribution in [1.82, 2.24) is 10.6 Å². The maximum absolute atomic E-state index is 12.7. The summed E-state index contributed by atoms with van der Waals surface area (Å²) in [4.78, 5) is 49.9. The number of phenolic OH excluding ortho intramolecular Hbond substituents is 1. The Kier molecular flexibility index (Phi) is 3.81. The molecule has 2 heterocycles. The minimum Gasteiger partial charge on any atom is -0.504 e. The Labute approximate surface area is 166 Å². The molecule has 6 atom stereocenters. The number of allylic oxidation sites excluding steroid dienone is 2. The molecule has 1 saturated carbocycles. The number of phenols is 1. The molecule has 8 heteroatoms. The van der Waals surface area contributed by atoms with E-state index >= 15 is 0 Å². The number of carbonyl (C=O) groups excluding carboxylic acids is 4. The van der Waals surface area contributed by atoms with E-state index in [0.29, 0.717) is 12.8 Å². The van der Waals surface area contributed by atoms with E-state index < -0.39 is 29.6 Å². The lowest BCUT2D eigenvalue weighted by Crippen LogP contribution is -2.42. The average Bonchev–Trinajstić information content (AvgIpc) is 3.15. The number of ether oxygens (including phenoxy) is 1. The molecule has 4 amide bonds. The first-order valence-corrected chi connectivity index (χ1v) is 9.67. The van der Waals surface area contributed by atoms with E-state index in [4.69, 9.17) is 4.74 Å². The molecule has 2 aliphatic carbocycles. The third-order valence-corrected chi connectivity index (χ3v) is 6.90. The highest BCUT2D eigenvalue weighted by Gasteiger charge is 2.58. The zero-order chi connectivity index (χ0) is 20.4. The van der Waals surface area contributed by atoms with Crippen LogP contribution >= 0.6 is 0 Å². The molecule has 1 aromatic rings. The van der Waals surface area contributed by atoms with Crippen molar-refractivity contribution in [3.05, 3.63) is 35.4 Å².